The predicted octanol–water partition coefficient (Wildman–Crippen LogP) is 3.69. The maximum absolute atomic E-state index is 6.02. The predicted molar refractivity (Wildman–Crippen MR) is 74.2 cm³/mol. The summed E-state index contributed by atoms with van der Waals surface area (Å²) in [4.78, 5) is 2.54. The minimum atomic E-state index is 0.647. The van der Waals surface area contributed by atoms with Gasteiger partial charge < -0.3 is 5.73 Å². The summed E-state index contributed by atoms with van der Waals surface area (Å²) in [7, 11) is 0. The van der Waals surface area contributed by atoms with E-state index in [0.29, 0.717) is 17.1 Å². The maximum atomic E-state index is 6.02. The zero-order valence-electron chi connectivity index (χ0n) is 10.6. The lowest BCUT2D eigenvalue weighted by molar-refractivity contribution is 0.0955. The van der Waals surface area contributed by atoms with Gasteiger partial charge in [0.25, 0.3) is 0 Å². The molecule has 17 heavy (non-hydrogen) atoms. The van der Waals surface area contributed by atoms with Crippen molar-refractivity contribution in [3.8, 4) is 0 Å². The molecule has 1 aromatic carbocycles. The molecule has 0 aromatic heterocycles. The van der Waals surface area contributed by atoms with Gasteiger partial charge >= 0.3 is 0 Å². The van der Waals surface area contributed by atoms with E-state index < -0.39 is 0 Å². The molecule has 1 aromatic rings. The number of hydrogen-bond donors (Lipinski definition) is 1. The lowest BCUT2D eigenvalue weighted by atomic mass is 9.96. The molecule has 2 nitrogen and oxygen atoms in total. The van der Waals surface area contributed by atoms with Gasteiger partial charge in [-0.1, -0.05) is 24.1 Å². The summed E-state index contributed by atoms with van der Waals surface area (Å²) in [5.74, 6) is 0. The summed E-state index contributed by atoms with van der Waals surface area (Å²) in [5, 5.41) is 0.714. The highest BCUT2D eigenvalue weighted by molar-refractivity contribution is 6.30. The first kappa shape index (κ1) is 12.7. The molecular weight excluding hydrogens is 232 g/mol. The normalized spacial score (nSPS) is 26.1. The number of hydrogen-bond acceptors (Lipinski definition) is 2. The van der Waals surface area contributed by atoms with Crippen molar-refractivity contribution in [3.05, 3.63) is 28.8 Å². The van der Waals surface area contributed by atoms with Crippen LogP contribution in [0.4, 0.5) is 5.69 Å². The molecule has 0 aliphatic carbocycles. The van der Waals surface area contributed by atoms with Crippen LogP contribution in [0.5, 0.6) is 0 Å². The largest absolute Gasteiger partial charge is 0.398 e. The smallest absolute Gasteiger partial charge is 0.0426 e. The van der Waals surface area contributed by atoms with E-state index in [2.05, 4.69) is 18.7 Å². The van der Waals surface area contributed by atoms with Crippen LogP contribution >= 0.6 is 11.6 Å². The van der Waals surface area contributed by atoms with Crippen LogP contribution in [0.2, 0.25) is 5.02 Å². The Hall–Kier alpha value is -0.730. The summed E-state index contributed by atoms with van der Waals surface area (Å²) in [6.07, 6.45) is 3.92. The van der Waals surface area contributed by atoms with Crippen LogP contribution in [0.15, 0.2) is 18.2 Å². The Morgan fingerprint density at radius 1 is 1.29 bits per heavy atom. The highest BCUT2D eigenvalue weighted by Crippen LogP contribution is 2.27. The molecule has 1 heterocycles. The van der Waals surface area contributed by atoms with E-state index in [1.807, 2.05) is 18.2 Å². The van der Waals surface area contributed by atoms with E-state index in [1.54, 1.807) is 0 Å². The number of nitrogens with zero attached hydrogens (tertiary/aromatic N) is 1. The van der Waals surface area contributed by atoms with Crippen molar-refractivity contribution in [1.29, 1.82) is 0 Å². The summed E-state index contributed by atoms with van der Waals surface area (Å²) < 4.78 is 0. The minimum Gasteiger partial charge on any atom is -0.398 e. The SMILES string of the molecule is C[C@@H]1CCC[C@H](C)N1Cc1ccc(Cl)cc1N. The number of likely N-dealkylation sites (tertiary alicyclic amines) is 1. The maximum Gasteiger partial charge on any atom is 0.0426 e. The van der Waals surface area contributed by atoms with E-state index in [-0.39, 0.29) is 0 Å². The third-order valence-electron chi connectivity index (χ3n) is 3.84. The molecule has 0 spiro atoms. The third-order valence-corrected chi connectivity index (χ3v) is 4.07. The molecule has 1 saturated heterocycles. The second-order valence-corrected chi connectivity index (χ2v) is 5.58. The Bertz CT molecular complexity index is 382. The molecule has 94 valence electrons. The summed E-state index contributed by atoms with van der Waals surface area (Å²) in [6.45, 7) is 5.55. The van der Waals surface area contributed by atoms with Gasteiger partial charge in [0, 0.05) is 29.3 Å². The zero-order chi connectivity index (χ0) is 12.4. The topological polar surface area (TPSA) is 29.3 Å². The first-order valence-corrected chi connectivity index (χ1v) is 6.75. The zero-order valence-corrected chi connectivity index (χ0v) is 11.4. The van der Waals surface area contributed by atoms with Gasteiger partial charge in [-0.25, -0.2) is 0 Å². The van der Waals surface area contributed by atoms with Gasteiger partial charge in [0.05, 0.1) is 0 Å². The molecule has 0 bridgehead atoms. The number of rotatable bonds is 2. The fourth-order valence-corrected chi connectivity index (χ4v) is 2.87. The van der Waals surface area contributed by atoms with Gasteiger partial charge in [-0.15, -0.1) is 0 Å². The van der Waals surface area contributed by atoms with E-state index in [0.717, 1.165) is 12.2 Å². The molecule has 2 atom stereocenters. The number of halogens is 1. The average Bonchev–Trinajstić information content (AvgIpc) is 2.26. The van der Waals surface area contributed by atoms with Gasteiger partial charge in [0.2, 0.25) is 0 Å². The minimum absolute atomic E-state index is 0.647. The van der Waals surface area contributed by atoms with Gasteiger partial charge in [-0.3, -0.25) is 4.90 Å². The van der Waals surface area contributed by atoms with Crippen LogP contribution < -0.4 is 5.73 Å². The third kappa shape index (κ3) is 2.93. The van der Waals surface area contributed by atoms with Crippen LogP contribution in [0.1, 0.15) is 38.7 Å². The van der Waals surface area contributed by atoms with E-state index >= 15 is 0 Å². The van der Waals surface area contributed by atoms with Crippen molar-refractivity contribution in [2.24, 2.45) is 0 Å². The molecule has 0 saturated carbocycles. The van der Waals surface area contributed by atoms with Crippen molar-refractivity contribution < 1.29 is 0 Å². The lowest BCUT2D eigenvalue weighted by Crippen LogP contribution is -2.43. The van der Waals surface area contributed by atoms with E-state index in [9.17, 15) is 0 Å². The quantitative estimate of drug-likeness (QED) is 0.814. The van der Waals surface area contributed by atoms with E-state index in [4.69, 9.17) is 17.3 Å². The van der Waals surface area contributed by atoms with Crippen LogP contribution in [0, 0.1) is 0 Å². The fourth-order valence-electron chi connectivity index (χ4n) is 2.69. The Morgan fingerprint density at radius 2 is 1.94 bits per heavy atom. The van der Waals surface area contributed by atoms with Crippen LogP contribution in [-0.4, -0.2) is 17.0 Å². The van der Waals surface area contributed by atoms with E-state index in [1.165, 1.54) is 24.8 Å². The number of piperidine rings is 1. The fraction of sp³-hybridized carbons (Fsp3) is 0.571. The van der Waals surface area contributed by atoms with Crippen LogP contribution in [0.25, 0.3) is 0 Å². The van der Waals surface area contributed by atoms with Gasteiger partial charge in [0.1, 0.15) is 0 Å². The molecule has 1 fully saturated rings. The van der Waals surface area contributed by atoms with Crippen molar-refractivity contribution >= 4 is 17.3 Å². The average molecular weight is 253 g/mol. The number of nitrogens with two attached hydrogens (primary N) is 1. The molecule has 2 rings (SSSR count). The van der Waals surface area contributed by atoms with Crippen molar-refractivity contribution in [3.63, 3.8) is 0 Å². The highest BCUT2D eigenvalue weighted by atomic mass is 35.5. The van der Waals surface area contributed by atoms with Gasteiger partial charge in [0.15, 0.2) is 0 Å². The molecule has 0 amide bonds. The number of nitrogen functional groups attached to an aromatic ring is 1. The van der Waals surface area contributed by atoms with Crippen LogP contribution in [0.3, 0.4) is 0 Å². The Labute approximate surface area is 109 Å². The molecule has 1 aliphatic rings. The molecule has 0 radical (unpaired) electrons. The standard InChI is InChI=1S/C14H21ClN2/c1-10-4-3-5-11(2)17(10)9-12-6-7-13(15)8-14(12)16/h6-8,10-11H,3-5,9,16H2,1-2H3/t10-,11+. The van der Waals surface area contributed by atoms with Gasteiger partial charge in [-0.05, 0) is 44.4 Å². The first-order chi connectivity index (χ1) is 8.08. The second kappa shape index (κ2) is 5.28. The molecular formula is C14H21ClN2. The Morgan fingerprint density at radius 3 is 2.53 bits per heavy atom. The van der Waals surface area contributed by atoms with Crippen molar-refractivity contribution in [2.75, 3.05) is 5.73 Å². The first-order valence-electron chi connectivity index (χ1n) is 6.37. The molecule has 2 N–H and O–H groups in total. The summed E-state index contributed by atoms with van der Waals surface area (Å²) in [5.41, 5.74) is 8.02. The Balaban J connectivity index is 2.13. The molecule has 1 aliphatic heterocycles. The monoisotopic (exact) mass is 252 g/mol. The summed E-state index contributed by atoms with van der Waals surface area (Å²) in [6, 6.07) is 7.11. The van der Waals surface area contributed by atoms with Crippen molar-refractivity contribution in [2.45, 2.75) is 51.7 Å². The second-order valence-electron chi connectivity index (χ2n) is 5.14. The lowest BCUT2D eigenvalue weighted by Gasteiger charge is -2.39. The van der Waals surface area contributed by atoms with Crippen LogP contribution in [-0.2, 0) is 6.54 Å². The van der Waals surface area contributed by atoms with Crippen molar-refractivity contribution in [1.82, 2.24) is 4.90 Å². The molecule has 0 unspecified atom stereocenters. The molecule has 3 heteroatoms. The highest BCUT2D eigenvalue weighted by Gasteiger charge is 2.24. The Kier molecular flexibility index (Phi) is 3.95. The summed E-state index contributed by atoms with van der Waals surface area (Å²) >= 11 is 5.92. The number of anilines is 1. The number of benzene rings is 1. The van der Waals surface area contributed by atoms with Gasteiger partial charge in [-0.2, -0.15) is 0 Å².